The van der Waals surface area contributed by atoms with Gasteiger partial charge in [-0.1, -0.05) is 25.3 Å². The van der Waals surface area contributed by atoms with Gasteiger partial charge in [-0.2, -0.15) is 0 Å². The molecule has 0 unspecified atom stereocenters. The highest BCUT2D eigenvalue weighted by atomic mass is 32.2. The second-order valence-electron chi connectivity index (χ2n) is 6.09. The van der Waals surface area contributed by atoms with E-state index in [1.165, 1.54) is 38.4 Å². The number of hydrogen-bond acceptors (Lipinski definition) is 4. The Bertz CT molecular complexity index is 604. The van der Waals surface area contributed by atoms with Crippen molar-refractivity contribution in [3.63, 3.8) is 0 Å². The summed E-state index contributed by atoms with van der Waals surface area (Å²) in [5.41, 5.74) is 1.83. The Labute approximate surface area is 120 Å². The van der Waals surface area contributed by atoms with E-state index in [1.54, 1.807) is 6.07 Å². The molecule has 2 aliphatic rings. The van der Waals surface area contributed by atoms with Gasteiger partial charge in [-0.25, -0.2) is 8.42 Å². The molecule has 1 heterocycles. The number of para-hydroxylation sites is 1. The van der Waals surface area contributed by atoms with Gasteiger partial charge in [-0.3, -0.25) is 0 Å². The van der Waals surface area contributed by atoms with Gasteiger partial charge in [0.1, 0.15) is 0 Å². The van der Waals surface area contributed by atoms with E-state index in [1.807, 2.05) is 12.1 Å². The Kier molecular flexibility index (Phi) is 3.40. The van der Waals surface area contributed by atoms with Crippen LogP contribution in [-0.4, -0.2) is 26.8 Å². The molecule has 0 bridgehead atoms. The smallest absolute Gasteiger partial charge is 0.177 e. The number of anilines is 2. The van der Waals surface area contributed by atoms with Gasteiger partial charge in [0.2, 0.25) is 0 Å². The number of hydrogen-bond donors (Lipinski definition) is 2. The van der Waals surface area contributed by atoms with Crippen LogP contribution < -0.4 is 10.6 Å². The first-order valence-electron chi connectivity index (χ1n) is 7.35. The Hall–Kier alpha value is -1.23. The van der Waals surface area contributed by atoms with E-state index in [0.717, 1.165) is 24.3 Å². The fraction of sp³-hybridized carbons (Fsp3) is 0.600. The largest absolute Gasteiger partial charge is 0.382 e. The van der Waals surface area contributed by atoms with Gasteiger partial charge >= 0.3 is 0 Å². The minimum absolute atomic E-state index is 0.145. The van der Waals surface area contributed by atoms with E-state index in [2.05, 4.69) is 10.6 Å². The molecule has 1 fully saturated rings. The quantitative estimate of drug-likeness (QED) is 0.836. The summed E-state index contributed by atoms with van der Waals surface area (Å²) in [5, 5.41) is 6.99. The second-order valence-corrected chi connectivity index (χ2v) is 8.08. The van der Waals surface area contributed by atoms with Gasteiger partial charge in [0.25, 0.3) is 0 Å². The summed E-state index contributed by atoms with van der Waals surface area (Å²) in [6, 6.07) is 5.49. The fourth-order valence-corrected chi connectivity index (χ4v) is 4.38. The second kappa shape index (κ2) is 4.95. The van der Waals surface area contributed by atoms with Crippen LogP contribution in [0.25, 0.3) is 0 Å². The SMILES string of the molecule is CS(=O)(=O)c1cccc2c1NCCC1(CCCCC1)N2. The van der Waals surface area contributed by atoms with Crippen LogP contribution in [0, 0.1) is 0 Å². The van der Waals surface area contributed by atoms with Crippen LogP contribution in [0.2, 0.25) is 0 Å². The molecular formula is C15H22N2O2S. The molecule has 20 heavy (non-hydrogen) atoms. The Morgan fingerprint density at radius 1 is 1.10 bits per heavy atom. The molecule has 3 rings (SSSR count). The summed E-state index contributed by atoms with van der Waals surface area (Å²) in [5.74, 6) is 0. The molecule has 0 amide bonds. The van der Waals surface area contributed by atoms with Crippen LogP contribution in [0.1, 0.15) is 38.5 Å². The predicted octanol–water partition coefficient (Wildman–Crippen LogP) is 3.02. The molecule has 2 N–H and O–H groups in total. The number of fused-ring (bicyclic) bond motifs is 1. The zero-order valence-corrected chi connectivity index (χ0v) is 12.7. The molecule has 110 valence electrons. The van der Waals surface area contributed by atoms with Crippen molar-refractivity contribution in [3.05, 3.63) is 18.2 Å². The van der Waals surface area contributed by atoms with Gasteiger partial charge in [0.05, 0.1) is 16.3 Å². The third-order valence-electron chi connectivity index (χ3n) is 4.54. The van der Waals surface area contributed by atoms with Crippen LogP contribution >= 0.6 is 0 Å². The lowest BCUT2D eigenvalue weighted by Gasteiger charge is -2.38. The Morgan fingerprint density at radius 3 is 2.55 bits per heavy atom. The van der Waals surface area contributed by atoms with Crippen molar-refractivity contribution in [2.75, 3.05) is 23.4 Å². The van der Waals surface area contributed by atoms with Gasteiger partial charge in [0.15, 0.2) is 9.84 Å². The lowest BCUT2D eigenvalue weighted by atomic mass is 9.79. The molecule has 0 radical (unpaired) electrons. The van der Waals surface area contributed by atoms with Crippen molar-refractivity contribution in [1.29, 1.82) is 0 Å². The molecule has 4 nitrogen and oxygen atoms in total. The average molecular weight is 294 g/mol. The highest BCUT2D eigenvalue weighted by Crippen LogP contribution is 2.40. The normalized spacial score (nSPS) is 21.4. The van der Waals surface area contributed by atoms with E-state index in [-0.39, 0.29) is 5.54 Å². The molecule has 0 atom stereocenters. The first-order chi connectivity index (χ1) is 9.50. The van der Waals surface area contributed by atoms with E-state index in [9.17, 15) is 8.42 Å². The molecule has 1 aromatic carbocycles. The molecule has 5 heteroatoms. The van der Waals surface area contributed by atoms with Crippen molar-refractivity contribution >= 4 is 21.2 Å². The van der Waals surface area contributed by atoms with E-state index >= 15 is 0 Å². The first-order valence-corrected chi connectivity index (χ1v) is 9.25. The van der Waals surface area contributed by atoms with Crippen LogP contribution in [0.5, 0.6) is 0 Å². The van der Waals surface area contributed by atoms with Crippen molar-refractivity contribution in [1.82, 2.24) is 0 Å². The highest BCUT2D eigenvalue weighted by molar-refractivity contribution is 7.90. The number of benzene rings is 1. The molecule has 0 saturated heterocycles. The zero-order valence-electron chi connectivity index (χ0n) is 11.9. The lowest BCUT2D eigenvalue weighted by Crippen LogP contribution is -2.40. The molecule has 1 aliphatic heterocycles. The standard InChI is InChI=1S/C15H22N2O2S/c1-20(18,19)13-7-5-6-12-14(13)16-11-10-15(17-12)8-3-2-4-9-15/h5-7,16-17H,2-4,8-11H2,1H3. The molecular weight excluding hydrogens is 272 g/mol. The maximum absolute atomic E-state index is 11.9. The fourth-order valence-electron chi connectivity index (χ4n) is 3.51. The van der Waals surface area contributed by atoms with Crippen molar-refractivity contribution in [2.45, 2.75) is 49.0 Å². The number of rotatable bonds is 1. The Morgan fingerprint density at radius 2 is 1.85 bits per heavy atom. The van der Waals surface area contributed by atoms with Crippen molar-refractivity contribution in [3.8, 4) is 0 Å². The summed E-state index contributed by atoms with van der Waals surface area (Å²) in [6.45, 7) is 0.826. The van der Waals surface area contributed by atoms with Crippen LogP contribution in [-0.2, 0) is 9.84 Å². The molecule has 1 aliphatic carbocycles. The van der Waals surface area contributed by atoms with E-state index < -0.39 is 9.84 Å². The maximum atomic E-state index is 11.9. The van der Waals surface area contributed by atoms with Gasteiger partial charge in [0, 0.05) is 18.3 Å². The summed E-state index contributed by atoms with van der Waals surface area (Å²) in [4.78, 5) is 0.398. The lowest BCUT2D eigenvalue weighted by molar-refractivity contribution is 0.313. The summed E-state index contributed by atoms with van der Waals surface area (Å²) in [6.07, 6.45) is 8.50. The van der Waals surface area contributed by atoms with Crippen molar-refractivity contribution < 1.29 is 8.42 Å². The summed E-state index contributed by atoms with van der Waals surface area (Å²) < 4.78 is 23.8. The van der Waals surface area contributed by atoms with Crippen LogP contribution in [0.4, 0.5) is 11.4 Å². The van der Waals surface area contributed by atoms with Gasteiger partial charge in [-0.15, -0.1) is 0 Å². The molecule has 0 aromatic heterocycles. The van der Waals surface area contributed by atoms with Crippen LogP contribution in [0.3, 0.4) is 0 Å². The summed E-state index contributed by atoms with van der Waals surface area (Å²) >= 11 is 0. The topological polar surface area (TPSA) is 58.2 Å². The Balaban J connectivity index is 2.02. The van der Waals surface area contributed by atoms with Gasteiger partial charge < -0.3 is 10.6 Å². The molecule has 1 aromatic rings. The molecule has 1 saturated carbocycles. The summed E-state index contributed by atoms with van der Waals surface area (Å²) in [7, 11) is -3.21. The third-order valence-corrected chi connectivity index (χ3v) is 5.68. The average Bonchev–Trinajstić information content (AvgIpc) is 2.57. The number of sulfone groups is 1. The monoisotopic (exact) mass is 294 g/mol. The number of nitrogens with one attached hydrogen (secondary N) is 2. The zero-order chi connectivity index (χ0) is 14.2. The minimum atomic E-state index is -3.21. The van der Waals surface area contributed by atoms with E-state index in [0.29, 0.717) is 4.90 Å². The first kappa shape index (κ1) is 13.7. The van der Waals surface area contributed by atoms with Crippen LogP contribution in [0.15, 0.2) is 23.1 Å². The van der Waals surface area contributed by atoms with Crippen molar-refractivity contribution in [2.24, 2.45) is 0 Å². The van der Waals surface area contributed by atoms with Gasteiger partial charge in [-0.05, 0) is 31.4 Å². The maximum Gasteiger partial charge on any atom is 0.177 e. The minimum Gasteiger partial charge on any atom is -0.382 e. The highest BCUT2D eigenvalue weighted by Gasteiger charge is 2.34. The predicted molar refractivity (Wildman–Crippen MR) is 82.1 cm³/mol. The third kappa shape index (κ3) is 2.51. The molecule has 1 spiro atoms. The van der Waals surface area contributed by atoms with E-state index in [4.69, 9.17) is 0 Å².